The zero-order chi connectivity index (χ0) is 22.8. The summed E-state index contributed by atoms with van der Waals surface area (Å²) in [5.41, 5.74) is 3.40. The van der Waals surface area contributed by atoms with Gasteiger partial charge in [0.1, 0.15) is 5.82 Å². The number of aromatic nitrogens is 2. The molecule has 1 aromatic carbocycles. The van der Waals surface area contributed by atoms with Crippen molar-refractivity contribution >= 4 is 11.8 Å². The normalized spacial score (nSPS) is 19.9. The van der Waals surface area contributed by atoms with E-state index in [1.54, 1.807) is 16.8 Å². The number of aryl methyl sites for hydroxylation is 1. The van der Waals surface area contributed by atoms with Gasteiger partial charge in [0.25, 0.3) is 0 Å². The molecule has 0 N–H and O–H groups in total. The Kier molecular flexibility index (Phi) is 6.63. The van der Waals surface area contributed by atoms with Crippen LogP contribution in [0.5, 0.6) is 0 Å². The second-order valence-corrected chi connectivity index (χ2v) is 9.40. The minimum atomic E-state index is -0.289. The van der Waals surface area contributed by atoms with Crippen LogP contribution in [0.1, 0.15) is 49.6 Å². The van der Waals surface area contributed by atoms with E-state index >= 15 is 0 Å². The molecule has 0 aliphatic carbocycles. The molecule has 2 amide bonds. The van der Waals surface area contributed by atoms with Gasteiger partial charge in [0.15, 0.2) is 0 Å². The molecule has 2 fully saturated rings. The number of benzene rings is 1. The predicted octanol–water partition coefficient (Wildman–Crippen LogP) is 3.67. The first-order valence-corrected chi connectivity index (χ1v) is 11.7. The van der Waals surface area contributed by atoms with Crippen LogP contribution in [0.25, 0.3) is 5.69 Å². The van der Waals surface area contributed by atoms with E-state index in [9.17, 15) is 14.0 Å². The van der Waals surface area contributed by atoms with E-state index in [2.05, 4.69) is 12.0 Å². The Balaban J connectivity index is 1.36. The standard InChI is InChI=1S/C25H33FN4O2/c1-17-5-4-12-29(16-17)25(32)20-10-13-28(14-11-20)24(31)15-23-18(2)27-30(19(23)3)22-8-6-21(26)7-9-22/h6-9,17,20H,4-5,10-16H2,1-3H3. The Bertz CT molecular complexity index is 977. The monoisotopic (exact) mass is 440 g/mol. The summed E-state index contributed by atoms with van der Waals surface area (Å²) in [5.74, 6) is 0.677. The fourth-order valence-corrected chi connectivity index (χ4v) is 5.05. The van der Waals surface area contributed by atoms with Crippen LogP contribution in [-0.2, 0) is 16.0 Å². The van der Waals surface area contributed by atoms with E-state index in [4.69, 9.17) is 0 Å². The molecular weight excluding hydrogens is 407 g/mol. The second kappa shape index (κ2) is 9.43. The molecule has 2 saturated heterocycles. The van der Waals surface area contributed by atoms with E-state index in [1.807, 2.05) is 23.6 Å². The van der Waals surface area contributed by atoms with Crippen LogP contribution in [0.3, 0.4) is 0 Å². The Morgan fingerprint density at radius 1 is 1.03 bits per heavy atom. The molecule has 0 spiro atoms. The van der Waals surface area contributed by atoms with Gasteiger partial charge in [-0.3, -0.25) is 9.59 Å². The molecule has 2 aliphatic rings. The average molecular weight is 441 g/mol. The van der Waals surface area contributed by atoms with Gasteiger partial charge < -0.3 is 9.80 Å². The lowest BCUT2D eigenvalue weighted by molar-refractivity contribution is -0.141. The molecule has 172 valence electrons. The average Bonchev–Trinajstić information content (AvgIpc) is 3.07. The van der Waals surface area contributed by atoms with Gasteiger partial charge in [0.2, 0.25) is 11.8 Å². The Hall–Kier alpha value is -2.70. The highest BCUT2D eigenvalue weighted by Gasteiger charge is 2.32. The van der Waals surface area contributed by atoms with Crippen molar-refractivity contribution in [3.8, 4) is 5.69 Å². The first-order chi connectivity index (χ1) is 15.3. The van der Waals surface area contributed by atoms with Crippen LogP contribution in [0.15, 0.2) is 24.3 Å². The molecular formula is C25H33FN4O2. The van der Waals surface area contributed by atoms with Crippen LogP contribution in [-0.4, -0.2) is 57.6 Å². The lowest BCUT2D eigenvalue weighted by atomic mass is 9.92. The summed E-state index contributed by atoms with van der Waals surface area (Å²) in [7, 11) is 0. The van der Waals surface area contributed by atoms with Crippen molar-refractivity contribution in [1.82, 2.24) is 19.6 Å². The van der Waals surface area contributed by atoms with E-state index < -0.39 is 0 Å². The van der Waals surface area contributed by atoms with Crippen LogP contribution in [0.2, 0.25) is 0 Å². The molecule has 4 rings (SSSR count). The smallest absolute Gasteiger partial charge is 0.227 e. The van der Waals surface area contributed by atoms with E-state index in [0.29, 0.717) is 25.4 Å². The summed E-state index contributed by atoms with van der Waals surface area (Å²) in [6, 6.07) is 6.19. The number of hydrogen-bond acceptors (Lipinski definition) is 3. The highest BCUT2D eigenvalue weighted by Crippen LogP contribution is 2.25. The SMILES string of the molecule is Cc1nn(-c2ccc(F)cc2)c(C)c1CC(=O)N1CCC(C(=O)N2CCCC(C)C2)CC1. The highest BCUT2D eigenvalue weighted by molar-refractivity contribution is 5.81. The number of hydrogen-bond donors (Lipinski definition) is 0. The van der Waals surface area contributed by atoms with Crippen molar-refractivity contribution in [1.29, 1.82) is 0 Å². The number of halogens is 1. The van der Waals surface area contributed by atoms with Gasteiger partial charge in [0, 0.05) is 43.4 Å². The molecule has 1 unspecified atom stereocenters. The molecule has 1 atom stereocenters. The van der Waals surface area contributed by atoms with Crippen molar-refractivity contribution < 1.29 is 14.0 Å². The van der Waals surface area contributed by atoms with Crippen molar-refractivity contribution in [2.24, 2.45) is 11.8 Å². The molecule has 0 saturated carbocycles. The molecule has 0 bridgehead atoms. The van der Waals surface area contributed by atoms with E-state index in [-0.39, 0.29) is 23.5 Å². The topological polar surface area (TPSA) is 58.4 Å². The maximum atomic E-state index is 13.3. The predicted molar refractivity (Wildman–Crippen MR) is 121 cm³/mol. The number of carbonyl (C=O) groups excluding carboxylic acids is 2. The third kappa shape index (κ3) is 4.71. The number of carbonyl (C=O) groups is 2. The van der Waals surface area contributed by atoms with Crippen LogP contribution < -0.4 is 0 Å². The highest BCUT2D eigenvalue weighted by atomic mass is 19.1. The maximum Gasteiger partial charge on any atom is 0.227 e. The fourth-order valence-electron chi connectivity index (χ4n) is 5.05. The van der Waals surface area contributed by atoms with Gasteiger partial charge in [-0.05, 0) is 69.7 Å². The summed E-state index contributed by atoms with van der Waals surface area (Å²) in [6.45, 7) is 9.05. The number of nitrogens with zero attached hydrogens (tertiary/aromatic N) is 4. The summed E-state index contributed by atoms with van der Waals surface area (Å²) in [5, 5.41) is 4.57. The number of likely N-dealkylation sites (tertiary alicyclic amines) is 2. The van der Waals surface area contributed by atoms with Crippen molar-refractivity contribution in [3.05, 3.63) is 47.0 Å². The van der Waals surface area contributed by atoms with E-state index in [1.165, 1.54) is 18.6 Å². The third-order valence-corrected chi connectivity index (χ3v) is 7.01. The first-order valence-electron chi connectivity index (χ1n) is 11.7. The largest absolute Gasteiger partial charge is 0.342 e. The summed E-state index contributed by atoms with van der Waals surface area (Å²) in [4.78, 5) is 29.8. The molecule has 2 aliphatic heterocycles. The zero-order valence-electron chi connectivity index (χ0n) is 19.3. The molecule has 7 heteroatoms. The third-order valence-electron chi connectivity index (χ3n) is 7.01. The molecule has 32 heavy (non-hydrogen) atoms. The van der Waals surface area contributed by atoms with E-state index in [0.717, 1.165) is 55.0 Å². The van der Waals surface area contributed by atoms with Gasteiger partial charge in [-0.1, -0.05) is 6.92 Å². The van der Waals surface area contributed by atoms with Crippen LogP contribution >= 0.6 is 0 Å². The Morgan fingerprint density at radius 2 is 1.72 bits per heavy atom. The minimum Gasteiger partial charge on any atom is -0.342 e. The van der Waals surface area contributed by atoms with Crippen LogP contribution in [0, 0.1) is 31.5 Å². The lowest BCUT2D eigenvalue weighted by Crippen LogP contribution is -2.47. The molecule has 6 nitrogen and oxygen atoms in total. The summed E-state index contributed by atoms with van der Waals surface area (Å²) in [6.07, 6.45) is 4.06. The van der Waals surface area contributed by atoms with Gasteiger partial charge in [0.05, 0.1) is 17.8 Å². The number of piperidine rings is 2. The first kappa shape index (κ1) is 22.5. The van der Waals surface area contributed by atoms with Gasteiger partial charge in [-0.25, -0.2) is 9.07 Å². The van der Waals surface area contributed by atoms with Gasteiger partial charge in [-0.2, -0.15) is 5.10 Å². The second-order valence-electron chi connectivity index (χ2n) is 9.40. The maximum absolute atomic E-state index is 13.3. The van der Waals surface area contributed by atoms with Gasteiger partial charge in [-0.15, -0.1) is 0 Å². The fraction of sp³-hybridized carbons (Fsp3) is 0.560. The number of amides is 2. The van der Waals surface area contributed by atoms with Crippen LogP contribution in [0.4, 0.5) is 4.39 Å². The summed E-state index contributed by atoms with van der Waals surface area (Å²) >= 11 is 0. The molecule has 2 aromatic rings. The minimum absolute atomic E-state index is 0.0362. The quantitative estimate of drug-likeness (QED) is 0.729. The Morgan fingerprint density at radius 3 is 2.38 bits per heavy atom. The molecule has 3 heterocycles. The molecule has 1 aromatic heterocycles. The van der Waals surface area contributed by atoms with Gasteiger partial charge >= 0.3 is 0 Å². The Labute approximate surface area is 189 Å². The zero-order valence-corrected chi connectivity index (χ0v) is 19.3. The lowest BCUT2D eigenvalue weighted by Gasteiger charge is -2.37. The van der Waals surface area contributed by atoms with Crippen molar-refractivity contribution in [2.75, 3.05) is 26.2 Å². The summed E-state index contributed by atoms with van der Waals surface area (Å²) < 4.78 is 15.0. The molecule has 0 radical (unpaired) electrons. The van der Waals surface area contributed by atoms with Crippen molar-refractivity contribution in [3.63, 3.8) is 0 Å². The van der Waals surface area contributed by atoms with Crippen molar-refractivity contribution in [2.45, 2.75) is 52.9 Å². The number of rotatable bonds is 4.